The number of carboxylic acid groups (broad SMARTS) is 3. The van der Waals surface area contributed by atoms with Gasteiger partial charge in [-0.05, 0) is 37.0 Å². The molecule has 14 heteroatoms. The molecule has 2 rings (SSSR count). The van der Waals surface area contributed by atoms with E-state index in [4.69, 9.17) is 15.9 Å². The molecule has 0 spiro atoms. The van der Waals surface area contributed by atoms with Gasteiger partial charge >= 0.3 is 17.9 Å². The lowest BCUT2D eigenvalue weighted by molar-refractivity contribution is -0.145. The van der Waals surface area contributed by atoms with E-state index in [2.05, 4.69) is 10.6 Å². The zero-order valence-electron chi connectivity index (χ0n) is 19.8. The standard InChI is InChI=1S/C23H30N4O10/c24-14(11-19(31)32)20(33)25-15(7-8-18(29)30)22(35)27-9-1-2-17(27)21(34)26-16(23(36)37)10-12-3-5-13(28)6-4-12/h3-6,14-17,28H,1-2,7-11,24H2,(H,25,33)(H,26,34)(H,29,30)(H,31,32)(H,36,37). The fraction of sp³-hybridized carbons (Fsp3) is 0.478. The normalized spacial score (nSPS) is 17.3. The summed E-state index contributed by atoms with van der Waals surface area (Å²) in [4.78, 5) is 73.3. The van der Waals surface area contributed by atoms with Gasteiger partial charge in [-0.15, -0.1) is 0 Å². The molecular formula is C23H30N4O10. The lowest BCUT2D eigenvalue weighted by Gasteiger charge is -2.29. The van der Waals surface area contributed by atoms with Crippen LogP contribution in [-0.4, -0.2) is 91.7 Å². The van der Waals surface area contributed by atoms with Gasteiger partial charge in [-0.2, -0.15) is 0 Å². The quantitative estimate of drug-likeness (QED) is 0.160. The number of aliphatic carboxylic acids is 3. The fourth-order valence-corrected chi connectivity index (χ4v) is 3.92. The first-order valence-electron chi connectivity index (χ1n) is 11.5. The number of phenolic OH excluding ortho intramolecular Hbond substituents is 1. The predicted octanol–water partition coefficient (Wildman–Crippen LogP) is -1.35. The van der Waals surface area contributed by atoms with Crippen molar-refractivity contribution in [3.63, 3.8) is 0 Å². The topological polar surface area (TPSA) is 237 Å². The lowest BCUT2D eigenvalue weighted by atomic mass is 10.0. The molecule has 1 heterocycles. The number of carbonyl (C=O) groups excluding carboxylic acids is 3. The molecule has 0 aromatic heterocycles. The van der Waals surface area contributed by atoms with Crippen molar-refractivity contribution in [2.75, 3.05) is 6.54 Å². The Kier molecular flexibility index (Phi) is 10.4. The summed E-state index contributed by atoms with van der Waals surface area (Å²) in [7, 11) is 0. The van der Waals surface area contributed by atoms with Crippen LogP contribution < -0.4 is 16.4 Å². The van der Waals surface area contributed by atoms with E-state index < -0.39 is 72.6 Å². The van der Waals surface area contributed by atoms with Crippen LogP contribution in [0.15, 0.2) is 24.3 Å². The molecule has 0 radical (unpaired) electrons. The van der Waals surface area contributed by atoms with Crippen molar-refractivity contribution in [3.8, 4) is 5.75 Å². The molecule has 1 aromatic carbocycles. The Hall–Kier alpha value is -4.20. The van der Waals surface area contributed by atoms with Gasteiger partial charge in [-0.1, -0.05) is 12.1 Å². The summed E-state index contributed by atoms with van der Waals surface area (Å²) < 4.78 is 0. The van der Waals surface area contributed by atoms with E-state index >= 15 is 0 Å². The van der Waals surface area contributed by atoms with Crippen LogP contribution in [0.25, 0.3) is 0 Å². The molecule has 0 aliphatic carbocycles. The molecule has 0 saturated carbocycles. The number of nitrogens with one attached hydrogen (secondary N) is 2. The van der Waals surface area contributed by atoms with E-state index in [0.29, 0.717) is 12.0 Å². The summed E-state index contributed by atoms with van der Waals surface area (Å²) in [5.74, 6) is -6.36. The number of phenols is 1. The number of benzene rings is 1. The number of hydrogen-bond acceptors (Lipinski definition) is 8. The van der Waals surface area contributed by atoms with Crippen molar-refractivity contribution in [2.45, 2.75) is 62.7 Å². The molecule has 1 fully saturated rings. The van der Waals surface area contributed by atoms with Gasteiger partial charge in [0.05, 0.1) is 12.5 Å². The number of carbonyl (C=O) groups is 6. The van der Waals surface area contributed by atoms with Crippen LogP contribution in [0.3, 0.4) is 0 Å². The predicted molar refractivity (Wildman–Crippen MR) is 125 cm³/mol. The third-order valence-electron chi connectivity index (χ3n) is 5.82. The Morgan fingerprint density at radius 3 is 2.19 bits per heavy atom. The Bertz CT molecular complexity index is 1030. The van der Waals surface area contributed by atoms with Crippen molar-refractivity contribution < 1.29 is 49.2 Å². The number of nitrogens with two attached hydrogens (primary N) is 1. The van der Waals surface area contributed by atoms with Gasteiger partial charge in [0.2, 0.25) is 17.7 Å². The maximum atomic E-state index is 13.2. The van der Waals surface area contributed by atoms with Gasteiger partial charge in [-0.3, -0.25) is 24.0 Å². The van der Waals surface area contributed by atoms with Gasteiger partial charge in [0.25, 0.3) is 0 Å². The number of nitrogens with zero attached hydrogens (tertiary/aromatic N) is 1. The van der Waals surface area contributed by atoms with Crippen LogP contribution in [0.1, 0.15) is 37.7 Å². The minimum absolute atomic E-state index is 0.00627. The molecule has 4 unspecified atom stereocenters. The summed E-state index contributed by atoms with van der Waals surface area (Å²) in [6.07, 6.45) is -1.01. The SMILES string of the molecule is NC(CC(=O)O)C(=O)NC(CCC(=O)O)C(=O)N1CCCC1C(=O)NC(Cc1ccc(O)cc1)C(=O)O. The molecule has 0 bridgehead atoms. The second kappa shape index (κ2) is 13.2. The Morgan fingerprint density at radius 2 is 1.62 bits per heavy atom. The third-order valence-corrected chi connectivity index (χ3v) is 5.82. The van der Waals surface area contributed by atoms with Gasteiger partial charge in [0.15, 0.2) is 0 Å². The highest BCUT2D eigenvalue weighted by atomic mass is 16.4. The minimum Gasteiger partial charge on any atom is -0.508 e. The second-order valence-corrected chi connectivity index (χ2v) is 8.66. The van der Waals surface area contributed by atoms with Crippen LogP contribution >= 0.6 is 0 Å². The van der Waals surface area contributed by atoms with Gasteiger partial charge in [0.1, 0.15) is 23.9 Å². The maximum Gasteiger partial charge on any atom is 0.326 e. The third kappa shape index (κ3) is 8.75. The zero-order valence-corrected chi connectivity index (χ0v) is 19.8. The molecule has 37 heavy (non-hydrogen) atoms. The number of carboxylic acids is 3. The highest BCUT2D eigenvalue weighted by molar-refractivity contribution is 5.95. The highest BCUT2D eigenvalue weighted by Gasteiger charge is 2.39. The van der Waals surface area contributed by atoms with Crippen molar-refractivity contribution >= 4 is 35.6 Å². The number of hydrogen-bond donors (Lipinski definition) is 7. The molecule has 14 nitrogen and oxygen atoms in total. The van der Waals surface area contributed by atoms with Crippen LogP contribution in [0, 0.1) is 0 Å². The number of likely N-dealkylation sites (tertiary alicyclic amines) is 1. The summed E-state index contributed by atoms with van der Waals surface area (Å²) >= 11 is 0. The average Bonchev–Trinajstić information content (AvgIpc) is 3.31. The lowest BCUT2D eigenvalue weighted by Crippen LogP contribution is -2.57. The van der Waals surface area contributed by atoms with Crippen LogP contribution in [-0.2, 0) is 35.2 Å². The van der Waals surface area contributed by atoms with E-state index in [1.807, 2.05) is 0 Å². The summed E-state index contributed by atoms with van der Waals surface area (Å²) in [6, 6.07) is 0.511. The summed E-state index contributed by atoms with van der Waals surface area (Å²) in [5, 5.41) is 41.5. The molecule has 1 aliphatic rings. The van der Waals surface area contributed by atoms with Crippen LogP contribution in [0.5, 0.6) is 5.75 Å². The van der Waals surface area contributed by atoms with E-state index in [1.54, 1.807) is 0 Å². The van der Waals surface area contributed by atoms with E-state index in [0.717, 1.165) is 4.90 Å². The van der Waals surface area contributed by atoms with Gasteiger partial charge in [-0.25, -0.2) is 4.79 Å². The number of aromatic hydroxyl groups is 1. The zero-order chi connectivity index (χ0) is 27.7. The average molecular weight is 523 g/mol. The highest BCUT2D eigenvalue weighted by Crippen LogP contribution is 2.20. The fourth-order valence-electron chi connectivity index (χ4n) is 3.92. The summed E-state index contributed by atoms with van der Waals surface area (Å²) in [5.41, 5.74) is 6.08. The second-order valence-electron chi connectivity index (χ2n) is 8.66. The van der Waals surface area contributed by atoms with E-state index in [1.165, 1.54) is 24.3 Å². The number of amides is 3. The number of rotatable bonds is 13. The Labute approximate surface area is 211 Å². The molecule has 202 valence electrons. The van der Waals surface area contributed by atoms with Crippen molar-refractivity contribution in [1.82, 2.24) is 15.5 Å². The van der Waals surface area contributed by atoms with E-state index in [-0.39, 0.29) is 31.6 Å². The van der Waals surface area contributed by atoms with E-state index in [9.17, 15) is 39.0 Å². The molecule has 4 atom stereocenters. The molecular weight excluding hydrogens is 492 g/mol. The van der Waals surface area contributed by atoms with Crippen molar-refractivity contribution in [3.05, 3.63) is 29.8 Å². The maximum absolute atomic E-state index is 13.2. The first kappa shape index (κ1) is 29.0. The van der Waals surface area contributed by atoms with Gasteiger partial charge in [0, 0.05) is 19.4 Å². The first-order valence-corrected chi connectivity index (χ1v) is 11.5. The van der Waals surface area contributed by atoms with Crippen LogP contribution in [0.2, 0.25) is 0 Å². The first-order chi connectivity index (χ1) is 17.4. The minimum atomic E-state index is -1.48. The Balaban J connectivity index is 2.14. The molecule has 1 aliphatic heterocycles. The van der Waals surface area contributed by atoms with Crippen LogP contribution in [0.4, 0.5) is 0 Å². The smallest absolute Gasteiger partial charge is 0.326 e. The van der Waals surface area contributed by atoms with Crippen molar-refractivity contribution in [1.29, 1.82) is 0 Å². The molecule has 1 saturated heterocycles. The largest absolute Gasteiger partial charge is 0.508 e. The summed E-state index contributed by atoms with van der Waals surface area (Å²) in [6.45, 7) is 0.104. The molecule has 8 N–H and O–H groups in total. The van der Waals surface area contributed by atoms with Crippen molar-refractivity contribution in [2.24, 2.45) is 5.73 Å². The molecule has 1 aromatic rings. The van der Waals surface area contributed by atoms with Gasteiger partial charge < -0.3 is 41.7 Å². The molecule has 3 amide bonds. The monoisotopic (exact) mass is 522 g/mol. The Morgan fingerprint density at radius 1 is 0.973 bits per heavy atom.